The summed E-state index contributed by atoms with van der Waals surface area (Å²) >= 11 is 0. The summed E-state index contributed by atoms with van der Waals surface area (Å²) in [5.74, 6) is 0.323. The number of nitrogens with two attached hydrogens (primary N) is 1. The standard InChI is InChI=1S/C22H22N6O3/c1-12(14-6-8-15(9-7-14)25-22(23)30)24-21(29)16-11-17(18-5-4-10-31-18)26-20-19(16)13(2)27-28(20)3/h4-12H,1-3H3,(H,24,29)(H3,23,25,30). The molecule has 0 aliphatic heterocycles. The van der Waals surface area contributed by atoms with E-state index in [-0.39, 0.29) is 11.9 Å². The average molecular weight is 418 g/mol. The second-order valence-electron chi connectivity index (χ2n) is 7.25. The molecule has 1 unspecified atom stereocenters. The Bertz CT molecular complexity index is 1260. The van der Waals surface area contributed by atoms with Crippen LogP contribution >= 0.6 is 0 Å². The molecule has 0 spiro atoms. The lowest BCUT2D eigenvalue weighted by molar-refractivity contribution is 0.0941. The minimum Gasteiger partial charge on any atom is -0.463 e. The van der Waals surface area contributed by atoms with Gasteiger partial charge in [-0.1, -0.05) is 12.1 Å². The number of aromatic nitrogens is 3. The van der Waals surface area contributed by atoms with Gasteiger partial charge >= 0.3 is 6.03 Å². The number of aryl methyl sites for hydroxylation is 2. The van der Waals surface area contributed by atoms with E-state index in [1.54, 1.807) is 48.3 Å². The fraction of sp³-hybridized carbons (Fsp3) is 0.182. The highest BCUT2D eigenvalue weighted by Gasteiger charge is 2.21. The fourth-order valence-electron chi connectivity index (χ4n) is 3.53. The molecule has 0 fully saturated rings. The van der Waals surface area contributed by atoms with Crippen molar-refractivity contribution in [2.45, 2.75) is 19.9 Å². The van der Waals surface area contributed by atoms with Gasteiger partial charge in [0.15, 0.2) is 11.4 Å². The van der Waals surface area contributed by atoms with Crippen LogP contribution in [0.15, 0.2) is 53.1 Å². The molecule has 4 N–H and O–H groups in total. The number of anilines is 1. The number of amides is 3. The predicted octanol–water partition coefficient (Wildman–Crippen LogP) is 3.52. The summed E-state index contributed by atoms with van der Waals surface area (Å²) in [5, 5.41) is 10.7. The second-order valence-corrected chi connectivity index (χ2v) is 7.25. The van der Waals surface area contributed by atoms with Gasteiger partial charge in [-0.25, -0.2) is 9.78 Å². The molecule has 0 saturated heterocycles. The summed E-state index contributed by atoms with van der Waals surface area (Å²) in [7, 11) is 1.79. The Morgan fingerprint density at radius 2 is 1.94 bits per heavy atom. The third-order valence-corrected chi connectivity index (χ3v) is 5.01. The van der Waals surface area contributed by atoms with Gasteiger partial charge < -0.3 is 20.8 Å². The Morgan fingerprint density at radius 1 is 1.19 bits per heavy atom. The van der Waals surface area contributed by atoms with Crippen LogP contribution < -0.4 is 16.4 Å². The van der Waals surface area contributed by atoms with E-state index in [1.807, 2.05) is 26.0 Å². The smallest absolute Gasteiger partial charge is 0.316 e. The molecule has 1 aromatic carbocycles. The maximum atomic E-state index is 13.3. The average Bonchev–Trinajstić information content (AvgIpc) is 3.36. The van der Waals surface area contributed by atoms with Crippen LogP contribution in [0.25, 0.3) is 22.5 Å². The highest BCUT2D eigenvalue weighted by atomic mass is 16.3. The zero-order chi connectivity index (χ0) is 22.1. The molecule has 3 aromatic heterocycles. The van der Waals surface area contributed by atoms with Crippen molar-refractivity contribution in [3.05, 3.63) is 65.5 Å². The molecule has 0 saturated carbocycles. The maximum Gasteiger partial charge on any atom is 0.316 e. The summed E-state index contributed by atoms with van der Waals surface area (Å²) in [4.78, 5) is 28.9. The molecule has 0 bridgehead atoms. The van der Waals surface area contributed by atoms with Crippen molar-refractivity contribution in [2.24, 2.45) is 12.8 Å². The number of benzene rings is 1. The lowest BCUT2D eigenvalue weighted by Crippen LogP contribution is -2.27. The lowest BCUT2D eigenvalue weighted by Gasteiger charge is -2.16. The van der Waals surface area contributed by atoms with E-state index in [0.717, 1.165) is 11.3 Å². The van der Waals surface area contributed by atoms with Crippen LogP contribution in [-0.4, -0.2) is 26.7 Å². The van der Waals surface area contributed by atoms with Crippen molar-refractivity contribution in [1.82, 2.24) is 20.1 Å². The molecule has 3 amide bonds. The number of rotatable bonds is 5. The Balaban J connectivity index is 1.66. The number of hydrogen-bond acceptors (Lipinski definition) is 5. The quantitative estimate of drug-likeness (QED) is 0.457. The predicted molar refractivity (Wildman–Crippen MR) is 116 cm³/mol. The van der Waals surface area contributed by atoms with Crippen molar-refractivity contribution in [3.63, 3.8) is 0 Å². The van der Waals surface area contributed by atoms with Gasteiger partial charge in [0.05, 0.1) is 28.9 Å². The molecule has 158 valence electrons. The largest absolute Gasteiger partial charge is 0.463 e. The van der Waals surface area contributed by atoms with Gasteiger partial charge in [0.25, 0.3) is 5.91 Å². The molecule has 4 aromatic rings. The summed E-state index contributed by atoms with van der Waals surface area (Å²) in [6.45, 7) is 3.73. The van der Waals surface area contributed by atoms with Gasteiger partial charge in [-0.2, -0.15) is 5.10 Å². The Hall–Kier alpha value is -4.14. The molecule has 0 aliphatic carbocycles. The Kier molecular flexibility index (Phi) is 5.16. The van der Waals surface area contributed by atoms with E-state index < -0.39 is 6.03 Å². The normalized spacial score (nSPS) is 12.0. The van der Waals surface area contributed by atoms with E-state index in [4.69, 9.17) is 10.2 Å². The zero-order valence-corrected chi connectivity index (χ0v) is 17.3. The number of carbonyl (C=O) groups excluding carboxylic acids is 2. The van der Waals surface area contributed by atoms with Crippen LogP contribution in [0, 0.1) is 6.92 Å². The number of urea groups is 1. The van der Waals surface area contributed by atoms with Crippen LogP contribution in [-0.2, 0) is 7.05 Å². The summed E-state index contributed by atoms with van der Waals surface area (Å²) < 4.78 is 7.13. The third kappa shape index (κ3) is 3.97. The van der Waals surface area contributed by atoms with E-state index in [0.29, 0.717) is 33.7 Å². The minimum absolute atomic E-state index is 0.247. The van der Waals surface area contributed by atoms with Crippen molar-refractivity contribution >= 4 is 28.7 Å². The number of hydrogen-bond donors (Lipinski definition) is 3. The van der Waals surface area contributed by atoms with Gasteiger partial charge in [0, 0.05) is 12.7 Å². The first-order valence-corrected chi connectivity index (χ1v) is 9.69. The van der Waals surface area contributed by atoms with Crippen molar-refractivity contribution < 1.29 is 14.0 Å². The van der Waals surface area contributed by atoms with Crippen LogP contribution in [0.3, 0.4) is 0 Å². The number of nitrogens with one attached hydrogen (secondary N) is 2. The number of nitrogens with zero attached hydrogens (tertiary/aromatic N) is 3. The second kappa shape index (κ2) is 7.94. The minimum atomic E-state index is -0.630. The molecule has 9 nitrogen and oxygen atoms in total. The van der Waals surface area contributed by atoms with Gasteiger partial charge in [0.1, 0.15) is 5.69 Å². The molecular weight excluding hydrogens is 396 g/mol. The van der Waals surface area contributed by atoms with Crippen LogP contribution in [0.5, 0.6) is 0 Å². The number of primary amides is 1. The molecular formula is C22H22N6O3. The number of carbonyl (C=O) groups is 2. The van der Waals surface area contributed by atoms with Crippen LogP contribution in [0.4, 0.5) is 10.5 Å². The molecule has 31 heavy (non-hydrogen) atoms. The summed E-state index contributed by atoms with van der Waals surface area (Å²) in [6, 6.07) is 11.5. The van der Waals surface area contributed by atoms with Crippen molar-refractivity contribution in [3.8, 4) is 11.5 Å². The number of furan rings is 1. The van der Waals surface area contributed by atoms with E-state index in [1.165, 1.54) is 0 Å². The van der Waals surface area contributed by atoms with Gasteiger partial charge in [-0.3, -0.25) is 9.48 Å². The van der Waals surface area contributed by atoms with E-state index in [9.17, 15) is 9.59 Å². The summed E-state index contributed by atoms with van der Waals surface area (Å²) in [6.07, 6.45) is 1.56. The number of fused-ring (bicyclic) bond motifs is 1. The first-order chi connectivity index (χ1) is 14.8. The first-order valence-electron chi connectivity index (χ1n) is 9.69. The molecule has 9 heteroatoms. The SMILES string of the molecule is Cc1nn(C)c2nc(-c3ccco3)cc(C(=O)NC(C)c3ccc(NC(N)=O)cc3)c12. The summed E-state index contributed by atoms with van der Waals surface area (Å²) in [5.41, 5.74) is 8.94. The van der Waals surface area contributed by atoms with E-state index in [2.05, 4.69) is 20.7 Å². The lowest BCUT2D eigenvalue weighted by atomic mass is 10.0. The van der Waals surface area contributed by atoms with Gasteiger partial charge in [0.2, 0.25) is 0 Å². The zero-order valence-electron chi connectivity index (χ0n) is 17.3. The molecule has 0 aliphatic rings. The topological polar surface area (TPSA) is 128 Å². The van der Waals surface area contributed by atoms with Crippen molar-refractivity contribution in [1.29, 1.82) is 0 Å². The van der Waals surface area contributed by atoms with Gasteiger partial charge in [-0.15, -0.1) is 0 Å². The van der Waals surface area contributed by atoms with E-state index >= 15 is 0 Å². The molecule has 3 heterocycles. The number of pyridine rings is 1. The highest BCUT2D eigenvalue weighted by molar-refractivity contribution is 6.07. The first kappa shape index (κ1) is 20.1. The molecule has 0 radical (unpaired) electrons. The molecule has 4 rings (SSSR count). The Labute approximate surface area is 178 Å². The monoisotopic (exact) mass is 418 g/mol. The highest BCUT2D eigenvalue weighted by Crippen LogP contribution is 2.27. The van der Waals surface area contributed by atoms with Crippen LogP contribution in [0.1, 0.15) is 34.6 Å². The van der Waals surface area contributed by atoms with Crippen molar-refractivity contribution in [2.75, 3.05) is 5.32 Å². The van der Waals surface area contributed by atoms with Gasteiger partial charge in [-0.05, 0) is 49.7 Å². The van der Waals surface area contributed by atoms with Crippen LogP contribution in [0.2, 0.25) is 0 Å². The maximum absolute atomic E-state index is 13.3. The third-order valence-electron chi connectivity index (χ3n) is 5.01. The fourth-order valence-corrected chi connectivity index (χ4v) is 3.53. The molecule has 1 atom stereocenters. The Morgan fingerprint density at radius 3 is 2.58 bits per heavy atom.